The Labute approximate surface area is 168 Å². The number of rotatable bonds is 3. The van der Waals surface area contributed by atoms with E-state index in [2.05, 4.69) is 58.8 Å². The largest absolute Gasteiger partial charge is 0.354 e. The normalized spacial score (nSPS) is 10.7. The van der Waals surface area contributed by atoms with Crippen LogP contribution < -0.4 is 5.32 Å². The van der Waals surface area contributed by atoms with Gasteiger partial charge in [-0.25, -0.2) is 0 Å². The standard InChI is InChI=1S/C26H17N3/c27-17-20-8-4-12-24(23-11-3-7-18-6-1-2-10-22(18)23)26(20)29-21-13-14-25-19(16-21)9-5-15-28-25/h1-16,29H. The van der Waals surface area contributed by atoms with Crippen molar-refractivity contribution in [3.8, 4) is 17.2 Å². The molecule has 0 radical (unpaired) electrons. The molecule has 0 unspecified atom stereocenters. The lowest BCUT2D eigenvalue weighted by atomic mass is 9.95. The summed E-state index contributed by atoms with van der Waals surface area (Å²) in [6.45, 7) is 0. The van der Waals surface area contributed by atoms with Crippen molar-refractivity contribution < 1.29 is 0 Å². The van der Waals surface area contributed by atoms with E-state index in [1.807, 2.05) is 48.5 Å². The van der Waals surface area contributed by atoms with E-state index in [1.165, 1.54) is 5.39 Å². The number of anilines is 2. The summed E-state index contributed by atoms with van der Waals surface area (Å²) in [4.78, 5) is 4.38. The van der Waals surface area contributed by atoms with Gasteiger partial charge >= 0.3 is 0 Å². The first-order valence-electron chi connectivity index (χ1n) is 9.46. The SMILES string of the molecule is N#Cc1cccc(-c2cccc3ccccc23)c1Nc1ccc2ncccc2c1. The molecule has 29 heavy (non-hydrogen) atoms. The number of aromatic nitrogens is 1. The molecule has 0 saturated heterocycles. The predicted octanol–water partition coefficient (Wildman–Crippen LogP) is 6.67. The van der Waals surface area contributed by atoms with E-state index in [-0.39, 0.29) is 0 Å². The summed E-state index contributed by atoms with van der Waals surface area (Å²) in [6, 6.07) is 32.8. The molecule has 0 aliphatic heterocycles. The van der Waals surface area contributed by atoms with Crippen molar-refractivity contribution >= 4 is 33.1 Å². The maximum absolute atomic E-state index is 9.75. The highest BCUT2D eigenvalue weighted by atomic mass is 14.9. The molecule has 1 heterocycles. The van der Waals surface area contributed by atoms with Gasteiger partial charge in [0, 0.05) is 22.8 Å². The van der Waals surface area contributed by atoms with E-state index in [1.54, 1.807) is 6.20 Å². The Morgan fingerprint density at radius 2 is 1.52 bits per heavy atom. The zero-order valence-corrected chi connectivity index (χ0v) is 15.6. The molecule has 136 valence electrons. The van der Waals surface area contributed by atoms with Crippen molar-refractivity contribution in [1.29, 1.82) is 5.26 Å². The van der Waals surface area contributed by atoms with Crippen LogP contribution in [-0.4, -0.2) is 4.98 Å². The van der Waals surface area contributed by atoms with Gasteiger partial charge in [0.2, 0.25) is 0 Å². The van der Waals surface area contributed by atoms with Gasteiger partial charge in [-0.2, -0.15) is 5.26 Å². The molecule has 0 bridgehead atoms. The number of pyridine rings is 1. The van der Waals surface area contributed by atoms with Gasteiger partial charge in [0.1, 0.15) is 6.07 Å². The van der Waals surface area contributed by atoms with E-state index in [0.717, 1.165) is 38.8 Å². The van der Waals surface area contributed by atoms with Crippen LogP contribution in [0.25, 0.3) is 32.8 Å². The van der Waals surface area contributed by atoms with Gasteiger partial charge in [-0.3, -0.25) is 4.98 Å². The number of nitrogens with zero attached hydrogens (tertiary/aromatic N) is 2. The molecule has 1 N–H and O–H groups in total. The fourth-order valence-electron chi connectivity index (χ4n) is 3.76. The molecule has 3 heteroatoms. The van der Waals surface area contributed by atoms with Gasteiger partial charge < -0.3 is 5.32 Å². The summed E-state index contributed by atoms with van der Waals surface area (Å²) in [6.07, 6.45) is 1.79. The van der Waals surface area contributed by atoms with Gasteiger partial charge in [0.05, 0.1) is 16.8 Å². The van der Waals surface area contributed by atoms with Gasteiger partial charge in [-0.15, -0.1) is 0 Å². The maximum atomic E-state index is 9.75. The molecule has 5 aromatic rings. The van der Waals surface area contributed by atoms with Crippen LogP contribution in [-0.2, 0) is 0 Å². The Morgan fingerprint density at radius 3 is 2.45 bits per heavy atom. The molecule has 0 fully saturated rings. The number of benzene rings is 4. The van der Waals surface area contributed by atoms with Crippen LogP contribution in [0.4, 0.5) is 11.4 Å². The second-order valence-corrected chi connectivity index (χ2v) is 6.90. The highest BCUT2D eigenvalue weighted by Crippen LogP contribution is 2.37. The first kappa shape index (κ1) is 17.0. The smallest absolute Gasteiger partial charge is 0.101 e. The second kappa shape index (κ2) is 7.10. The molecule has 3 nitrogen and oxygen atoms in total. The first-order valence-corrected chi connectivity index (χ1v) is 9.46. The maximum Gasteiger partial charge on any atom is 0.101 e. The van der Waals surface area contributed by atoms with Gasteiger partial charge in [0.25, 0.3) is 0 Å². The van der Waals surface area contributed by atoms with Crippen LogP contribution in [0.15, 0.2) is 97.2 Å². The van der Waals surface area contributed by atoms with Crippen LogP contribution in [0, 0.1) is 11.3 Å². The first-order chi connectivity index (χ1) is 14.3. The number of fused-ring (bicyclic) bond motifs is 2. The van der Waals surface area contributed by atoms with Crippen molar-refractivity contribution in [3.05, 3.63) is 103 Å². The van der Waals surface area contributed by atoms with Crippen molar-refractivity contribution in [3.63, 3.8) is 0 Å². The Bertz CT molecular complexity index is 1390. The number of hydrogen-bond donors (Lipinski definition) is 1. The molecular formula is C26H17N3. The molecular weight excluding hydrogens is 354 g/mol. The molecule has 0 saturated carbocycles. The molecule has 0 atom stereocenters. The Balaban J connectivity index is 1.69. The Hall–Kier alpha value is -4.16. The van der Waals surface area contributed by atoms with E-state index in [4.69, 9.17) is 0 Å². The minimum Gasteiger partial charge on any atom is -0.354 e. The third-order valence-electron chi connectivity index (χ3n) is 5.14. The van der Waals surface area contributed by atoms with Crippen LogP contribution in [0.1, 0.15) is 5.56 Å². The zero-order chi connectivity index (χ0) is 19.6. The second-order valence-electron chi connectivity index (χ2n) is 6.90. The van der Waals surface area contributed by atoms with Crippen molar-refractivity contribution in [2.24, 2.45) is 0 Å². The molecule has 5 rings (SSSR count). The van der Waals surface area contributed by atoms with E-state index >= 15 is 0 Å². The van der Waals surface area contributed by atoms with Crippen molar-refractivity contribution in [2.45, 2.75) is 0 Å². The molecule has 0 aliphatic rings. The minimum atomic E-state index is 0.613. The Kier molecular flexibility index (Phi) is 4.16. The lowest BCUT2D eigenvalue weighted by Gasteiger charge is -2.16. The van der Waals surface area contributed by atoms with E-state index in [9.17, 15) is 5.26 Å². The van der Waals surface area contributed by atoms with Crippen molar-refractivity contribution in [1.82, 2.24) is 4.98 Å². The third-order valence-corrected chi connectivity index (χ3v) is 5.14. The summed E-state index contributed by atoms with van der Waals surface area (Å²) >= 11 is 0. The fraction of sp³-hybridized carbons (Fsp3) is 0. The molecule has 4 aromatic carbocycles. The zero-order valence-electron chi connectivity index (χ0n) is 15.6. The van der Waals surface area contributed by atoms with Gasteiger partial charge in [-0.1, -0.05) is 60.7 Å². The summed E-state index contributed by atoms with van der Waals surface area (Å²) in [5.41, 5.74) is 5.41. The Morgan fingerprint density at radius 1 is 0.724 bits per heavy atom. The number of hydrogen-bond acceptors (Lipinski definition) is 3. The van der Waals surface area contributed by atoms with Gasteiger partial charge in [0.15, 0.2) is 0 Å². The van der Waals surface area contributed by atoms with Crippen LogP contribution in [0.5, 0.6) is 0 Å². The quantitative estimate of drug-likeness (QED) is 0.385. The van der Waals surface area contributed by atoms with Crippen LogP contribution >= 0.6 is 0 Å². The lowest BCUT2D eigenvalue weighted by Crippen LogP contribution is -1.97. The van der Waals surface area contributed by atoms with Crippen molar-refractivity contribution in [2.75, 3.05) is 5.32 Å². The average molecular weight is 371 g/mol. The van der Waals surface area contributed by atoms with E-state index < -0.39 is 0 Å². The summed E-state index contributed by atoms with van der Waals surface area (Å²) < 4.78 is 0. The highest BCUT2D eigenvalue weighted by Gasteiger charge is 2.13. The predicted molar refractivity (Wildman–Crippen MR) is 119 cm³/mol. The van der Waals surface area contributed by atoms with Gasteiger partial charge in [-0.05, 0) is 46.7 Å². The highest BCUT2D eigenvalue weighted by molar-refractivity contribution is 6.01. The molecule has 1 aromatic heterocycles. The summed E-state index contributed by atoms with van der Waals surface area (Å²) in [5, 5.41) is 16.6. The molecule has 0 spiro atoms. The van der Waals surface area contributed by atoms with Crippen LogP contribution in [0.2, 0.25) is 0 Å². The molecule has 0 amide bonds. The fourth-order valence-corrected chi connectivity index (χ4v) is 3.76. The topological polar surface area (TPSA) is 48.7 Å². The molecule has 0 aliphatic carbocycles. The summed E-state index contributed by atoms with van der Waals surface area (Å²) in [5.74, 6) is 0. The average Bonchev–Trinajstić information content (AvgIpc) is 2.79. The third kappa shape index (κ3) is 3.07. The van der Waals surface area contributed by atoms with E-state index in [0.29, 0.717) is 5.56 Å². The monoisotopic (exact) mass is 371 g/mol. The number of nitriles is 1. The summed E-state index contributed by atoms with van der Waals surface area (Å²) in [7, 11) is 0. The lowest BCUT2D eigenvalue weighted by molar-refractivity contribution is 1.41. The van der Waals surface area contributed by atoms with Crippen LogP contribution in [0.3, 0.4) is 0 Å². The number of para-hydroxylation sites is 1. The minimum absolute atomic E-state index is 0.613. The number of nitrogens with one attached hydrogen (secondary N) is 1.